The standard InChI is InChI=1S/C6H4F6O2/c1-2(13)14-5(9)3(7)4(8)6(10,11)12/h4H,1H3. The van der Waals surface area contributed by atoms with Gasteiger partial charge in [-0.1, -0.05) is 0 Å². The van der Waals surface area contributed by atoms with Gasteiger partial charge in [-0.05, 0) is 0 Å². The van der Waals surface area contributed by atoms with E-state index in [0.717, 1.165) is 0 Å². The average molecular weight is 222 g/mol. The topological polar surface area (TPSA) is 26.3 Å². The van der Waals surface area contributed by atoms with E-state index in [1.807, 2.05) is 0 Å². The predicted octanol–water partition coefficient (Wildman–Crippen LogP) is 2.56. The van der Waals surface area contributed by atoms with Crippen LogP contribution in [-0.2, 0) is 9.53 Å². The van der Waals surface area contributed by atoms with E-state index >= 15 is 0 Å². The molecule has 0 heterocycles. The zero-order valence-corrected chi connectivity index (χ0v) is 6.66. The lowest BCUT2D eigenvalue weighted by Gasteiger charge is -2.10. The van der Waals surface area contributed by atoms with Crippen LogP contribution in [-0.4, -0.2) is 18.3 Å². The molecule has 0 fully saturated rings. The molecule has 2 nitrogen and oxygen atoms in total. The number of allylic oxidation sites excluding steroid dienone is 1. The van der Waals surface area contributed by atoms with Gasteiger partial charge in [-0.2, -0.15) is 17.6 Å². The summed E-state index contributed by atoms with van der Waals surface area (Å²) in [6.45, 7) is 0.619. The minimum Gasteiger partial charge on any atom is -0.397 e. The van der Waals surface area contributed by atoms with Gasteiger partial charge >= 0.3 is 18.2 Å². The van der Waals surface area contributed by atoms with Crippen LogP contribution in [0.25, 0.3) is 0 Å². The normalized spacial score (nSPS) is 15.9. The number of halogens is 6. The Hall–Kier alpha value is -1.21. The summed E-state index contributed by atoms with van der Waals surface area (Å²) in [5.41, 5.74) is 0. The van der Waals surface area contributed by atoms with Gasteiger partial charge in [-0.25, -0.2) is 8.78 Å². The Morgan fingerprint density at radius 2 is 1.71 bits per heavy atom. The number of esters is 1. The van der Waals surface area contributed by atoms with Crippen molar-refractivity contribution >= 4 is 5.97 Å². The third-order valence-electron chi connectivity index (χ3n) is 0.931. The van der Waals surface area contributed by atoms with Crippen molar-refractivity contribution in [3.63, 3.8) is 0 Å². The Morgan fingerprint density at radius 1 is 1.29 bits per heavy atom. The summed E-state index contributed by atoms with van der Waals surface area (Å²) in [5, 5.41) is 0. The second-order valence-electron chi connectivity index (χ2n) is 2.12. The summed E-state index contributed by atoms with van der Waals surface area (Å²) >= 11 is 0. The molecule has 0 N–H and O–H groups in total. The van der Waals surface area contributed by atoms with Crippen LogP contribution >= 0.6 is 0 Å². The molecule has 14 heavy (non-hydrogen) atoms. The average Bonchev–Trinajstić information content (AvgIpc) is 1.98. The molecule has 0 aliphatic carbocycles. The lowest BCUT2D eigenvalue weighted by Crippen LogP contribution is -2.25. The van der Waals surface area contributed by atoms with Gasteiger partial charge in [0.15, 0.2) is 0 Å². The predicted molar refractivity (Wildman–Crippen MR) is 32.0 cm³/mol. The van der Waals surface area contributed by atoms with Gasteiger partial charge in [0.2, 0.25) is 5.83 Å². The summed E-state index contributed by atoms with van der Waals surface area (Å²) in [5.74, 6) is -4.21. The molecule has 0 rings (SSSR count). The first kappa shape index (κ1) is 12.8. The Kier molecular flexibility index (Phi) is 3.96. The van der Waals surface area contributed by atoms with E-state index in [9.17, 15) is 31.1 Å². The number of carbonyl (C=O) groups is 1. The highest BCUT2D eigenvalue weighted by molar-refractivity contribution is 5.67. The molecule has 1 atom stereocenters. The molecule has 0 saturated heterocycles. The van der Waals surface area contributed by atoms with Gasteiger partial charge in [-0.3, -0.25) is 4.79 Å². The van der Waals surface area contributed by atoms with E-state index < -0.39 is 30.2 Å². The van der Waals surface area contributed by atoms with Gasteiger partial charge in [0.25, 0.3) is 6.17 Å². The lowest BCUT2D eigenvalue weighted by molar-refractivity contribution is -0.176. The highest BCUT2D eigenvalue weighted by Crippen LogP contribution is 2.31. The van der Waals surface area contributed by atoms with Crippen LogP contribution in [0.2, 0.25) is 0 Å². The number of carbonyl (C=O) groups excluding carboxylic acids is 1. The van der Waals surface area contributed by atoms with Crippen molar-refractivity contribution in [3.8, 4) is 0 Å². The zero-order valence-electron chi connectivity index (χ0n) is 6.66. The van der Waals surface area contributed by atoms with Crippen LogP contribution in [0.1, 0.15) is 6.92 Å². The molecule has 0 radical (unpaired) electrons. The van der Waals surface area contributed by atoms with Gasteiger partial charge in [0.05, 0.1) is 0 Å². The summed E-state index contributed by atoms with van der Waals surface area (Å²) < 4.78 is 74.0. The third kappa shape index (κ3) is 3.67. The second-order valence-corrected chi connectivity index (χ2v) is 2.12. The SMILES string of the molecule is CC(=O)OC(F)=C(F)C(F)C(F)(F)F. The summed E-state index contributed by atoms with van der Waals surface area (Å²) in [4.78, 5) is 9.96. The molecule has 0 bridgehead atoms. The number of ether oxygens (including phenoxy) is 1. The first-order valence-corrected chi connectivity index (χ1v) is 3.10. The van der Waals surface area contributed by atoms with E-state index in [4.69, 9.17) is 0 Å². The van der Waals surface area contributed by atoms with Crippen LogP contribution in [0.3, 0.4) is 0 Å². The van der Waals surface area contributed by atoms with Gasteiger partial charge in [0.1, 0.15) is 0 Å². The van der Waals surface area contributed by atoms with Crippen molar-refractivity contribution < 1.29 is 35.9 Å². The van der Waals surface area contributed by atoms with Crippen LogP contribution in [0.5, 0.6) is 0 Å². The maximum Gasteiger partial charge on any atom is 0.426 e. The minimum atomic E-state index is -5.58. The van der Waals surface area contributed by atoms with Gasteiger partial charge in [-0.15, -0.1) is 0 Å². The first-order valence-electron chi connectivity index (χ1n) is 3.10. The lowest BCUT2D eigenvalue weighted by atomic mass is 10.3. The Balaban J connectivity index is 4.73. The highest BCUT2D eigenvalue weighted by Gasteiger charge is 2.45. The van der Waals surface area contributed by atoms with E-state index in [1.54, 1.807) is 0 Å². The zero-order chi connectivity index (χ0) is 11.5. The fourth-order valence-electron chi connectivity index (χ4n) is 0.418. The van der Waals surface area contributed by atoms with Crippen molar-refractivity contribution in [3.05, 3.63) is 11.8 Å². The number of rotatable bonds is 2. The molecule has 0 amide bonds. The monoisotopic (exact) mass is 222 g/mol. The third-order valence-corrected chi connectivity index (χ3v) is 0.931. The second kappa shape index (κ2) is 4.34. The molecule has 0 saturated carbocycles. The van der Waals surface area contributed by atoms with Gasteiger partial charge < -0.3 is 4.74 Å². The minimum absolute atomic E-state index is 0.619. The first-order chi connectivity index (χ1) is 6.16. The number of hydrogen-bond donors (Lipinski definition) is 0. The number of hydrogen-bond acceptors (Lipinski definition) is 2. The molecule has 0 aromatic heterocycles. The fourth-order valence-corrected chi connectivity index (χ4v) is 0.418. The number of alkyl halides is 4. The van der Waals surface area contributed by atoms with Crippen LogP contribution in [0.15, 0.2) is 11.8 Å². The van der Waals surface area contributed by atoms with Crippen molar-refractivity contribution in [2.24, 2.45) is 0 Å². The quantitative estimate of drug-likeness (QED) is 0.407. The van der Waals surface area contributed by atoms with E-state index in [0.29, 0.717) is 6.92 Å². The molecule has 0 spiro atoms. The molecule has 0 aromatic rings. The van der Waals surface area contributed by atoms with E-state index in [1.165, 1.54) is 0 Å². The Bertz CT molecular complexity index is 256. The molecule has 8 heteroatoms. The van der Waals surface area contributed by atoms with Crippen molar-refractivity contribution in [1.29, 1.82) is 0 Å². The largest absolute Gasteiger partial charge is 0.426 e. The summed E-state index contributed by atoms with van der Waals surface area (Å²) in [7, 11) is 0. The molecule has 0 aliphatic heterocycles. The maximum atomic E-state index is 12.2. The van der Waals surface area contributed by atoms with Crippen LogP contribution < -0.4 is 0 Å². The molecular formula is C6H4F6O2. The van der Waals surface area contributed by atoms with Crippen LogP contribution in [0, 0.1) is 0 Å². The maximum absolute atomic E-state index is 12.2. The molecule has 1 unspecified atom stereocenters. The summed E-state index contributed by atoms with van der Waals surface area (Å²) in [6, 6.07) is -2.53. The fraction of sp³-hybridized carbons (Fsp3) is 0.500. The van der Waals surface area contributed by atoms with Crippen LogP contribution in [0.4, 0.5) is 26.3 Å². The molecule has 0 aliphatic rings. The smallest absolute Gasteiger partial charge is 0.397 e. The van der Waals surface area contributed by atoms with Crippen molar-refractivity contribution in [2.75, 3.05) is 0 Å². The van der Waals surface area contributed by atoms with Crippen molar-refractivity contribution in [1.82, 2.24) is 0 Å². The highest BCUT2D eigenvalue weighted by atomic mass is 19.4. The molecular weight excluding hydrogens is 218 g/mol. The Labute approximate surface area is 74.1 Å². The Morgan fingerprint density at radius 3 is 2.00 bits per heavy atom. The van der Waals surface area contributed by atoms with E-state index in [2.05, 4.69) is 4.74 Å². The van der Waals surface area contributed by atoms with Crippen molar-refractivity contribution in [2.45, 2.75) is 19.3 Å². The molecule has 0 aromatic carbocycles. The molecule has 82 valence electrons. The van der Waals surface area contributed by atoms with E-state index in [-0.39, 0.29) is 0 Å². The summed E-state index contributed by atoms with van der Waals surface area (Å²) in [6.07, 6.45) is -9.72. The van der Waals surface area contributed by atoms with Gasteiger partial charge in [0, 0.05) is 6.92 Å².